The fraction of sp³-hybridized carbons (Fsp3) is 0.200. The van der Waals surface area contributed by atoms with Crippen molar-refractivity contribution < 1.29 is 33.3 Å². The summed E-state index contributed by atoms with van der Waals surface area (Å²) in [6.07, 6.45) is -2.57. The number of imidazole rings is 1. The molecule has 1 fully saturated rings. The Balaban J connectivity index is 1.38. The Kier molecular flexibility index (Phi) is 8.21. The molecule has 0 saturated carbocycles. The van der Waals surface area contributed by atoms with Crippen molar-refractivity contribution in [1.82, 2.24) is 9.55 Å². The Morgan fingerprint density at radius 1 is 0.705 bits per heavy atom. The van der Waals surface area contributed by atoms with E-state index in [2.05, 4.69) is 4.98 Å². The van der Waals surface area contributed by atoms with E-state index in [0.717, 1.165) is 22.2 Å². The molecule has 1 saturated heterocycles. The average molecular weight is 591 g/mol. The quantitative estimate of drug-likeness (QED) is 0.164. The number of benzene rings is 4. The monoisotopic (exact) mass is 590 g/mol. The van der Waals surface area contributed by atoms with Gasteiger partial charge < -0.3 is 23.5 Å². The Morgan fingerprint density at radius 3 is 1.77 bits per heavy atom. The molecule has 1 aromatic heterocycles. The summed E-state index contributed by atoms with van der Waals surface area (Å²) in [7, 11) is 0. The van der Waals surface area contributed by atoms with Crippen LogP contribution in [0.3, 0.4) is 0 Å². The second kappa shape index (κ2) is 12.5. The highest BCUT2D eigenvalue weighted by Gasteiger charge is 2.51. The van der Waals surface area contributed by atoms with Crippen molar-refractivity contribution in [3.05, 3.63) is 137 Å². The fourth-order valence-electron chi connectivity index (χ4n) is 5.17. The lowest BCUT2D eigenvalue weighted by Gasteiger charge is -2.25. The largest absolute Gasteiger partial charge is 0.459 e. The van der Waals surface area contributed by atoms with Crippen LogP contribution >= 0.6 is 0 Å². The highest BCUT2D eigenvalue weighted by atomic mass is 16.7. The number of carbonyl (C=O) groups excluding carboxylic acids is 3. The van der Waals surface area contributed by atoms with Gasteiger partial charge in [-0.15, -0.1) is 0 Å². The number of nitrogens with zero attached hydrogens (tertiary/aromatic N) is 2. The molecule has 6 rings (SSSR count). The van der Waals surface area contributed by atoms with Gasteiger partial charge in [0.15, 0.2) is 18.4 Å². The van der Waals surface area contributed by atoms with Gasteiger partial charge in [0.2, 0.25) is 0 Å². The number of rotatable bonds is 8. The minimum Gasteiger partial charge on any atom is -0.459 e. The number of aromatic nitrogens is 2. The minimum absolute atomic E-state index is 0.263. The Labute approximate surface area is 254 Å². The van der Waals surface area contributed by atoms with E-state index < -0.39 is 42.4 Å². The summed E-state index contributed by atoms with van der Waals surface area (Å²) in [5, 5.41) is 0. The van der Waals surface area contributed by atoms with Crippen molar-refractivity contribution in [2.75, 3.05) is 6.61 Å². The molecule has 0 amide bonds. The summed E-state index contributed by atoms with van der Waals surface area (Å²) in [6, 6.07) is 29.5. The summed E-state index contributed by atoms with van der Waals surface area (Å²) < 4.78 is 25.9. The van der Waals surface area contributed by atoms with Crippen LogP contribution in [-0.4, -0.2) is 52.4 Å². The van der Waals surface area contributed by atoms with Gasteiger partial charge in [0, 0.05) is 0 Å². The molecular formula is C35H30N2O7. The zero-order chi connectivity index (χ0) is 30.6. The number of hydrogen-bond acceptors (Lipinski definition) is 8. The Hall–Kier alpha value is -5.28. The maximum absolute atomic E-state index is 13.4. The molecule has 9 heteroatoms. The average Bonchev–Trinajstić information content (AvgIpc) is 3.61. The summed E-state index contributed by atoms with van der Waals surface area (Å²) in [5.41, 5.74) is 4.57. The van der Waals surface area contributed by atoms with Gasteiger partial charge in [0.25, 0.3) is 0 Å². The molecule has 2 heterocycles. The van der Waals surface area contributed by atoms with Crippen LogP contribution in [0.4, 0.5) is 0 Å². The molecule has 0 bridgehead atoms. The minimum atomic E-state index is -1.13. The molecule has 5 aromatic rings. The molecule has 222 valence electrons. The van der Waals surface area contributed by atoms with E-state index in [1.54, 1.807) is 102 Å². The zero-order valence-electron chi connectivity index (χ0n) is 24.2. The van der Waals surface area contributed by atoms with Crippen molar-refractivity contribution in [2.45, 2.75) is 38.4 Å². The van der Waals surface area contributed by atoms with Crippen LogP contribution < -0.4 is 0 Å². The van der Waals surface area contributed by atoms with Gasteiger partial charge in [-0.2, -0.15) is 0 Å². The number of carbonyl (C=O) groups is 3. The summed E-state index contributed by atoms with van der Waals surface area (Å²) >= 11 is 0. The molecule has 0 radical (unpaired) electrons. The zero-order valence-corrected chi connectivity index (χ0v) is 24.2. The van der Waals surface area contributed by atoms with Crippen molar-refractivity contribution in [3.8, 4) is 0 Å². The van der Waals surface area contributed by atoms with Gasteiger partial charge in [-0.1, -0.05) is 54.6 Å². The highest BCUT2D eigenvalue weighted by molar-refractivity contribution is 5.91. The molecular weight excluding hydrogens is 560 g/mol. The first-order valence-electron chi connectivity index (χ1n) is 14.2. The maximum atomic E-state index is 13.4. The third-order valence-corrected chi connectivity index (χ3v) is 7.64. The van der Waals surface area contributed by atoms with Gasteiger partial charge in [-0.3, -0.25) is 0 Å². The van der Waals surface area contributed by atoms with E-state index in [0.29, 0.717) is 16.7 Å². The van der Waals surface area contributed by atoms with Gasteiger partial charge in [-0.05, 0) is 73.5 Å². The van der Waals surface area contributed by atoms with Crippen molar-refractivity contribution >= 4 is 28.9 Å². The highest BCUT2D eigenvalue weighted by Crippen LogP contribution is 2.37. The third kappa shape index (κ3) is 5.95. The second-order valence-corrected chi connectivity index (χ2v) is 10.6. The molecule has 1 aliphatic rings. The van der Waals surface area contributed by atoms with Crippen LogP contribution in [0.5, 0.6) is 0 Å². The van der Waals surface area contributed by atoms with Crippen LogP contribution in [0.25, 0.3) is 11.0 Å². The topological polar surface area (TPSA) is 106 Å². The lowest BCUT2D eigenvalue weighted by atomic mass is 10.1. The first kappa shape index (κ1) is 28.8. The number of ether oxygens (including phenoxy) is 4. The van der Waals surface area contributed by atoms with Crippen LogP contribution in [0, 0.1) is 13.8 Å². The molecule has 0 spiro atoms. The summed E-state index contributed by atoms with van der Waals surface area (Å²) in [5.74, 6) is -1.83. The smallest absolute Gasteiger partial charge is 0.338 e. The van der Waals surface area contributed by atoms with Gasteiger partial charge >= 0.3 is 17.9 Å². The number of hydrogen-bond donors (Lipinski definition) is 0. The Bertz CT molecular complexity index is 1790. The Morgan fingerprint density at radius 2 is 1.20 bits per heavy atom. The molecule has 9 nitrogen and oxygen atoms in total. The predicted octanol–water partition coefficient (Wildman–Crippen LogP) is 5.86. The SMILES string of the molecule is Cc1cc2ncn([C@H]3O[C@H](COC(=O)c4ccccc4)[C@@H](OC(=O)c4ccccc4)[C@H]3OC(=O)c3ccccc3)c2cc1C. The molecule has 0 aliphatic carbocycles. The van der Waals surface area contributed by atoms with Crippen molar-refractivity contribution in [2.24, 2.45) is 0 Å². The van der Waals surface area contributed by atoms with Crippen molar-refractivity contribution in [1.29, 1.82) is 0 Å². The van der Waals surface area contributed by atoms with E-state index in [4.69, 9.17) is 18.9 Å². The van der Waals surface area contributed by atoms with E-state index in [-0.39, 0.29) is 6.61 Å². The first-order valence-corrected chi connectivity index (χ1v) is 14.2. The number of esters is 3. The molecule has 1 aliphatic heterocycles. The van der Waals surface area contributed by atoms with Crippen LogP contribution in [-0.2, 0) is 18.9 Å². The molecule has 44 heavy (non-hydrogen) atoms. The van der Waals surface area contributed by atoms with E-state index >= 15 is 0 Å². The predicted molar refractivity (Wildman–Crippen MR) is 161 cm³/mol. The van der Waals surface area contributed by atoms with E-state index in [9.17, 15) is 14.4 Å². The third-order valence-electron chi connectivity index (χ3n) is 7.64. The van der Waals surface area contributed by atoms with E-state index in [1.807, 2.05) is 26.0 Å². The van der Waals surface area contributed by atoms with Crippen LogP contribution in [0.1, 0.15) is 48.4 Å². The second-order valence-electron chi connectivity index (χ2n) is 10.6. The van der Waals surface area contributed by atoms with Crippen LogP contribution in [0.15, 0.2) is 109 Å². The maximum Gasteiger partial charge on any atom is 0.338 e. The first-order chi connectivity index (χ1) is 21.4. The molecule has 4 atom stereocenters. The lowest BCUT2D eigenvalue weighted by Crippen LogP contribution is -2.41. The van der Waals surface area contributed by atoms with E-state index in [1.165, 1.54) is 0 Å². The number of aryl methyl sites for hydroxylation is 2. The van der Waals surface area contributed by atoms with Gasteiger partial charge in [-0.25, -0.2) is 19.4 Å². The van der Waals surface area contributed by atoms with Crippen molar-refractivity contribution in [3.63, 3.8) is 0 Å². The summed E-state index contributed by atoms with van der Waals surface area (Å²) in [4.78, 5) is 44.2. The number of fused-ring (bicyclic) bond motifs is 1. The van der Waals surface area contributed by atoms with Gasteiger partial charge in [0.05, 0.1) is 34.1 Å². The molecule has 0 N–H and O–H groups in total. The summed E-state index contributed by atoms with van der Waals surface area (Å²) in [6.45, 7) is 3.73. The van der Waals surface area contributed by atoms with Gasteiger partial charge in [0.1, 0.15) is 12.7 Å². The lowest BCUT2D eigenvalue weighted by molar-refractivity contribution is -0.0604. The normalized spacial score (nSPS) is 19.4. The standard InChI is InChI=1S/C35H30N2O7/c1-22-18-27-28(19-23(22)2)37(21-36-27)32-31(44-35(40)26-16-10-5-11-17-26)30(43-34(39)25-14-8-4-9-15-25)29(42-32)20-41-33(38)24-12-6-3-7-13-24/h3-19,21,29-32H,20H2,1-2H3/t29-,30-,31-,32+/m1/s1. The fourth-order valence-corrected chi connectivity index (χ4v) is 5.17. The molecule has 0 unspecified atom stereocenters. The molecule has 4 aromatic carbocycles. The van der Waals surface area contributed by atoms with Crippen LogP contribution in [0.2, 0.25) is 0 Å².